The van der Waals surface area contributed by atoms with Crippen molar-refractivity contribution < 1.29 is 14.3 Å². The van der Waals surface area contributed by atoms with Crippen molar-refractivity contribution in [2.45, 2.75) is 27.7 Å². The molecule has 0 saturated heterocycles. The molecule has 0 fully saturated rings. The van der Waals surface area contributed by atoms with Crippen molar-refractivity contribution in [3.63, 3.8) is 0 Å². The molecule has 5 nitrogen and oxygen atoms in total. The van der Waals surface area contributed by atoms with E-state index in [0.717, 1.165) is 16.7 Å². The zero-order valence-corrected chi connectivity index (χ0v) is 19.8. The number of rotatable bonds is 6. The highest BCUT2D eigenvalue weighted by Gasteiger charge is 2.41. The zero-order chi connectivity index (χ0) is 23.7. The summed E-state index contributed by atoms with van der Waals surface area (Å²) in [4.78, 5) is 28.5. The first-order valence-corrected chi connectivity index (χ1v) is 11.1. The van der Waals surface area contributed by atoms with Gasteiger partial charge in [0.05, 0.1) is 17.9 Å². The molecule has 0 spiro atoms. The Balaban J connectivity index is 1.85. The minimum absolute atomic E-state index is 0.219. The Morgan fingerprint density at radius 2 is 1.64 bits per heavy atom. The first kappa shape index (κ1) is 22.6. The third-order valence-electron chi connectivity index (χ3n) is 5.71. The highest BCUT2D eigenvalue weighted by atomic mass is 35.5. The van der Waals surface area contributed by atoms with E-state index in [-0.39, 0.29) is 5.70 Å². The number of benzene rings is 3. The minimum Gasteiger partial charge on any atom is -0.494 e. The number of aryl methyl sites for hydroxylation is 3. The molecule has 6 heteroatoms. The lowest BCUT2D eigenvalue weighted by Gasteiger charge is -2.18. The Hall–Kier alpha value is -3.57. The topological polar surface area (TPSA) is 58.6 Å². The molecular weight excluding hydrogens is 436 g/mol. The molecule has 2 amide bonds. The van der Waals surface area contributed by atoms with Gasteiger partial charge in [-0.05, 0) is 74.2 Å². The van der Waals surface area contributed by atoms with Gasteiger partial charge >= 0.3 is 0 Å². The normalized spacial score (nSPS) is 13.7. The van der Waals surface area contributed by atoms with Crippen LogP contribution in [0, 0.1) is 20.8 Å². The summed E-state index contributed by atoms with van der Waals surface area (Å²) in [5, 5.41) is 3.64. The van der Waals surface area contributed by atoms with E-state index >= 15 is 0 Å². The SMILES string of the molecule is CCOc1cccc(NC2=C(c3ccc(C)c(C)c3)C(=O)N(c3cc(Cl)ccc3C)C2=O)c1. The largest absolute Gasteiger partial charge is 0.494 e. The van der Waals surface area contributed by atoms with Crippen molar-refractivity contribution >= 4 is 40.4 Å². The van der Waals surface area contributed by atoms with Crippen LogP contribution in [-0.2, 0) is 9.59 Å². The van der Waals surface area contributed by atoms with E-state index in [1.165, 1.54) is 4.90 Å². The van der Waals surface area contributed by atoms with Crippen molar-refractivity contribution in [1.29, 1.82) is 0 Å². The molecule has 0 unspecified atom stereocenters. The predicted molar refractivity (Wildman–Crippen MR) is 133 cm³/mol. The van der Waals surface area contributed by atoms with Crippen molar-refractivity contribution in [2.24, 2.45) is 0 Å². The number of nitrogens with one attached hydrogen (secondary N) is 1. The standard InChI is InChI=1S/C27H25ClN2O3/c1-5-33-22-8-6-7-21(15-22)29-25-24(19-11-9-16(2)18(4)13-19)26(31)30(27(25)32)23-14-20(28)12-10-17(23)3/h6-15,29H,5H2,1-4H3. The molecule has 0 saturated carbocycles. The Labute approximate surface area is 198 Å². The molecule has 168 valence electrons. The van der Waals surface area contributed by atoms with Crippen LogP contribution < -0.4 is 15.0 Å². The second kappa shape index (κ2) is 9.12. The quantitative estimate of drug-likeness (QED) is 0.454. The number of carbonyl (C=O) groups is 2. The monoisotopic (exact) mass is 460 g/mol. The molecule has 1 aliphatic rings. The predicted octanol–water partition coefficient (Wildman–Crippen LogP) is 6.06. The van der Waals surface area contributed by atoms with Gasteiger partial charge in [-0.15, -0.1) is 0 Å². The van der Waals surface area contributed by atoms with Gasteiger partial charge < -0.3 is 10.1 Å². The lowest BCUT2D eigenvalue weighted by molar-refractivity contribution is -0.120. The molecule has 3 aromatic rings. The van der Waals surface area contributed by atoms with E-state index in [9.17, 15) is 9.59 Å². The number of halogens is 1. The Morgan fingerprint density at radius 3 is 2.36 bits per heavy atom. The van der Waals surface area contributed by atoms with Gasteiger partial charge in [0, 0.05) is 16.8 Å². The molecule has 1 aliphatic heterocycles. The van der Waals surface area contributed by atoms with E-state index in [1.54, 1.807) is 24.3 Å². The highest BCUT2D eigenvalue weighted by molar-refractivity contribution is 6.46. The fraction of sp³-hybridized carbons (Fsp3) is 0.185. The number of nitrogens with zero attached hydrogens (tertiary/aromatic N) is 1. The van der Waals surface area contributed by atoms with Gasteiger partial charge in [-0.25, -0.2) is 4.90 Å². The average Bonchev–Trinajstić information content (AvgIpc) is 3.02. The van der Waals surface area contributed by atoms with Gasteiger partial charge in [-0.2, -0.15) is 0 Å². The van der Waals surface area contributed by atoms with Crippen molar-refractivity contribution in [2.75, 3.05) is 16.8 Å². The summed E-state index contributed by atoms with van der Waals surface area (Å²) in [7, 11) is 0. The first-order chi connectivity index (χ1) is 15.8. The van der Waals surface area contributed by atoms with Crippen molar-refractivity contribution in [1.82, 2.24) is 0 Å². The van der Waals surface area contributed by atoms with Crippen molar-refractivity contribution in [3.8, 4) is 5.75 Å². The lowest BCUT2D eigenvalue weighted by atomic mass is 9.99. The number of ether oxygens (including phenoxy) is 1. The van der Waals surface area contributed by atoms with Gasteiger partial charge in [0.2, 0.25) is 0 Å². The average molecular weight is 461 g/mol. The maximum absolute atomic E-state index is 13.7. The Morgan fingerprint density at radius 1 is 0.879 bits per heavy atom. The summed E-state index contributed by atoms with van der Waals surface area (Å²) < 4.78 is 5.59. The summed E-state index contributed by atoms with van der Waals surface area (Å²) in [5.74, 6) is -0.146. The van der Waals surface area contributed by atoms with Crippen LogP contribution in [0.25, 0.3) is 5.57 Å². The second-order valence-corrected chi connectivity index (χ2v) is 8.45. The number of anilines is 2. The van der Waals surface area contributed by atoms with Gasteiger partial charge in [0.25, 0.3) is 11.8 Å². The van der Waals surface area contributed by atoms with E-state index in [1.807, 2.05) is 64.1 Å². The summed E-state index contributed by atoms with van der Waals surface area (Å²) in [6.45, 7) is 8.27. The smallest absolute Gasteiger partial charge is 0.282 e. The van der Waals surface area contributed by atoms with Crippen LogP contribution in [0.3, 0.4) is 0 Å². The molecule has 1 heterocycles. The molecule has 0 aromatic heterocycles. The van der Waals surface area contributed by atoms with Crippen molar-refractivity contribution in [3.05, 3.63) is 93.6 Å². The second-order valence-electron chi connectivity index (χ2n) is 8.01. The number of hydrogen-bond acceptors (Lipinski definition) is 4. The van der Waals surface area contributed by atoms with E-state index in [4.69, 9.17) is 16.3 Å². The van der Waals surface area contributed by atoms with E-state index < -0.39 is 11.8 Å². The summed E-state index contributed by atoms with van der Waals surface area (Å²) in [5.41, 5.74) is 5.28. The molecular formula is C27H25ClN2O3. The molecule has 3 aromatic carbocycles. The lowest BCUT2D eigenvalue weighted by Crippen LogP contribution is -2.33. The van der Waals surface area contributed by atoms with Gasteiger partial charge in [-0.1, -0.05) is 41.9 Å². The highest BCUT2D eigenvalue weighted by Crippen LogP contribution is 2.36. The van der Waals surface area contributed by atoms with Crippen LogP contribution in [0.4, 0.5) is 11.4 Å². The van der Waals surface area contributed by atoms with Crippen LogP contribution in [0.5, 0.6) is 5.75 Å². The number of hydrogen-bond donors (Lipinski definition) is 1. The van der Waals surface area contributed by atoms with Crippen LogP contribution in [-0.4, -0.2) is 18.4 Å². The maximum atomic E-state index is 13.7. The third-order valence-corrected chi connectivity index (χ3v) is 5.94. The minimum atomic E-state index is -0.430. The Kier molecular flexibility index (Phi) is 6.25. The first-order valence-electron chi connectivity index (χ1n) is 10.8. The zero-order valence-electron chi connectivity index (χ0n) is 19.0. The van der Waals surface area contributed by atoms with E-state index in [2.05, 4.69) is 5.32 Å². The fourth-order valence-corrected chi connectivity index (χ4v) is 3.99. The molecule has 4 rings (SSSR count). The van der Waals surface area contributed by atoms with Crippen LogP contribution in [0.1, 0.15) is 29.2 Å². The molecule has 33 heavy (non-hydrogen) atoms. The van der Waals surface area contributed by atoms with Gasteiger partial charge in [0.1, 0.15) is 11.4 Å². The molecule has 1 N–H and O–H groups in total. The molecule has 0 aliphatic carbocycles. The summed E-state index contributed by atoms with van der Waals surface area (Å²) in [6, 6.07) is 18.3. The van der Waals surface area contributed by atoms with Crippen LogP contribution in [0.2, 0.25) is 5.02 Å². The molecule has 0 atom stereocenters. The molecule has 0 bridgehead atoms. The van der Waals surface area contributed by atoms with Gasteiger partial charge in [-0.3, -0.25) is 9.59 Å². The van der Waals surface area contributed by atoms with Gasteiger partial charge in [0.15, 0.2) is 0 Å². The Bertz CT molecular complexity index is 1300. The number of amides is 2. The number of carbonyl (C=O) groups excluding carboxylic acids is 2. The number of imide groups is 1. The fourth-order valence-electron chi connectivity index (χ4n) is 3.83. The van der Waals surface area contributed by atoms with Crippen LogP contribution >= 0.6 is 11.6 Å². The molecule has 0 radical (unpaired) electrons. The summed E-state index contributed by atoms with van der Waals surface area (Å²) in [6.07, 6.45) is 0. The van der Waals surface area contributed by atoms with E-state index in [0.29, 0.717) is 39.9 Å². The maximum Gasteiger partial charge on any atom is 0.282 e. The summed E-state index contributed by atoms with van der Waals surface area (Å²) >= 11 is 6.20. The van der Waals surface area contributed by atoms with Crippen LogP contribution in [0.15, 0.2) is 66.4 Å². The third kappa shape index (κ3) is 4.37.